The molecule has 7 heteroatoms. The smallest absolute Gasteiger partial charge is 0.157 e. The fraction of sp³-hybridized carbons (Fsp3) is 0.419. The Morgan fingerprint density at radius 3 is 2.47 bits per heavy atom. The quantitative estimate of drug-likeness (QED) is 0.258. The lowest BCUT2D eigenvalue weighted by Crippen LogP contribution is -2.53. The monoisotopic (exact) mass is 554 g/mol. The molecule has 38 heavy (non-hydrogen) atoms. The molecule has 3 aromatic carbocycles. The largest absolute Gasteiger partial charge is 0.491 e. The van der Waals surface area contributed by atoms with Gasteiger partial charge in [0.1, 0.15) is 12.4 Å². The second-order valence-corrected chi connectivity index (χ2v) is 11.0. The summed E-state index contributed by atoms with van der Waals surface area (Å²) in [6, 6.07) is 25.3. The number of halogens is 2. The molecule has 0 spiro atoms. The van der Waals surface area contributed by atoms with Crippen LogP contribution in [0, 0.1) is 0 Å². The predicted molar refractivity (Wildman–Crippen MR) is 154 cm³/mol. The minimum atomic E-state index is -0.106. The number of ether oxygens (including phenoxy) is 3. The average molecular weight is 556 g/mol. The molecule has 2 unspecified atom stereocenters. The van der Waals surface area contributed by atoms with E-state index in [0.717, 1.165) is 62.0 Å². The standard InChI is InChI=1S/C31H36Cl2N2O3/c1-23-20-35(29-15-14-27(19-28(29)33)36-17-18-38-31-9-5-6-16-37-31)30(25-10-12-26(32)13-11-25)22-34(23)21-24-7-3-2-4-8-24/h2-4,7-8,10-15,19,23,30-31H,5-6,9,16-18,20-22H2,1H3/t23?,30-,31?/m0/s1. The second-order valence-electron chi connectivity index (χ2n) is 10.1. The lowest BCUT2D eigenvalue weighted by molar-refractivity contribution is -0.165. The predicted octanol–water partition coefficient (Wildman–Crippen LogP) is 7.37. The number of benzene rings is 3. The maximum absolute atomic E-state index is 6.88. The lowest BCUT2D eigenvalue weighted by atomic mass is 9.98. The molecule has 2 fully saturated rings. The second kappa shape index (κ2) is 13.2. The van der Waals surface area contributed by atoms with Gasteiger partial charge in [0, 0.05) is 43.4 Å². The molecular weight excluding hydrogens is 519 g/mol. The Bertz CT molecular complexity index is 1160. The van der Waals surface area contributed by atoms with E-state index in [4.69, 9.17) is 37.4 Å². The van der Waals surface area contributed by atoms with Gasteiger partial charge < -0.3 is 19.1 Å². The zero-order chi connectivity index (χ0) is 26.3. The van der Waals surface area contributed by atoms with Crippen LogP contribution in [-0.2, 0) is 16.0 Å². The van der Waals surface area contributed by atoms with E-state index in [1.165, 1.54) is 11.1 Å². The number of hydrogen-bond acceptors (Lipinski definition) is 5. The van der Waals surface area contributed by atoms with Gasteiger partial charge in [0.2, 0.25) is 0 Å². The number of nitrogens with zero attached hydrogens (tertiary/aromatic N) is 2. The summed E-state index contributed by atoms with van der Waals surface area (Å²) in [6.07, 6.45) is 3.11. The van der Waals surface area contributed by atoms with Crippen LogP contribution in [0.2, 0.25) is 10.0 Å². The molecule has 2 heterocycles. The van der Waals surface area contributed by atoms with Crippen LogP contribution in [0.4, 0.5) is 5.69 Å². The normalized spacial score (nSPS) is 22.4. The number of hydrogen-bond donors (Lipinski definition) is 0. The van der Waals surface area contributed by atoms with Crippen LogP contribution < -0.4 is 9.64 Å². The Kier molecular flexibility index (Phi) is 9.47. The first-order chi connectivity index (χ1) is 18.6. The van der Waals surface area contributed by atoms with E-state index in [1.54, 1.807) is 0 Å². The van der Waals surface area contributed by atoms with Gasteiger partial charge in [-0.25, -0.2) is 0 Å². The molecule has 2 aliphatic rings. The van der Waals surface area contributed by atoms with Gasteiger partial charge in [-0.15, -0.1) is 0 Å². The van der Waals surface area contributed by atoms with Crippen molar-refractivity contribution in [3.8, 4) is 5.75 Å². The van der Waals surface area contributed by atoms with E-state index in [9.17, 15) is 0 Å². The first-order valence-corrected chi connectivity index (χ1v) is 14.3. The minimum absolute atomic E-state index is 0.106. The summed E-state index contributed by atoms with van der Waals surface area (Å²) in [5.74, 6) is 0.741. The topological polar surface area (TPSA) is 34.2 Å². The Morgan fingerprint density at radius 2 is 1.74 bits per heavy atom. The fourth-order valence-corrected chi connectivity index (χ4v) is 5.70. The van der Waals surface area contributed by atoms with Crippen LogP contribution in [0.3, 0.4) is 0 Å². The van der Waals surface area contributed by atoms with Gasteiger partial charge in [-0.2, -0.15) is 0 Å². The van der Waals surface area contributed by atoms with Crippen molar-refractivity contribution >= 4 is 28.9 Å². The number of piperazine rings is 1. The molecule has 0 aromatic heterocycles. The molecule has 5 rings (SSSR count). The van der Waals surface area contributed by atoms with Gasteiger partial charge in [-0.05, 0) is 61.6 Å². The van der Waals surface area contributed by atoms with Gasteiger partial charge in [0.05, 0.1) is 23.4 Å². The van der Waals surface area contributed by atoms with E-state index in [0.29, 0.717) is 24.3 Å². The summed E-state index contributed by atoms with van der Waals surface area (Å²) in [4.78, 5) is 4.97. The summed E-state index contributed by atoms with van der Waals surface area (Å²) in [7, 11) is 0. The van der Waals surface area contributed by atoms with Crippen molar-refractivity contribution in [3.63, 3.8) is 0 Å². The Morgan fingerprint density at radius 1 is 0.921 bits per heavy atom. The third-order valence-electron chi connectivity index (χ3n) is 7.37. The summed E-state index contributed by atoms with van der Waals surface area (Å²) in [5.41, 5.74) is 3.55. The van der Waals surface area contributed by atoms with E-state index in [-0.39, 0.29) is 12.3 Å². The van der Waals surface area contributed by atoms with Crippen LogP contribution >= 0.6 is 23.2 Å². The maximum Gasteiger partial charge on any atom is 0.157 e. The zero-order valence-corrected chi connectivity index (χ0v) is 23.4. The van der Waals surface area contributed by atoms with Gasteiger partial charge in [0.25, 0.3) is 0 Å². The third-order valence-corrected chi connectivity index (χ3v) is 7.93. The van der Waals surface area contributed by atoms with Crippen molar-refractivity contribution in [1.29, 1.82) is 0 Å². The molecule has 0 aliphatic carbocycles. The van der Waals surface area contributed by atoms with Crippen molar-refractivity contribution in [2.45, 2.75) is 51.1 Å². The Balaban J connectivity index is 1.29. The molecule has 3 aromatic rings. The van der Waals surface area contributed by atoms with E-state index < -0.39 is 0 Å². The van der Waals surface area contributed by atoms with Crippen LogP contribution in [0.15, 0.2) is 72.8 Å². The SMILES string of the molecule is CC1CN(c2ccc(OCCOC3CCCCO3)cc2Cl)[C@H](c2ccc(Cl)cc2)CN1Cc1ccccc1. The highest BCUT2D eigenvalue weighted by molar-refractivity contribution is 6.33. The average Bonchev–Trinajstić information content (AvgIpc) is 2.94. The van der Waals surface area contributed by atoms with Gasteiger partial charge >= 0.3 is 0 Å². The third kappa shape index (κ3) is 7.02. The summed E-state index contributed by atoms with van der Waals surface area (Å²) in [5, 5.41) is 1.42. The van der Waals surface area contributed by atoms with Crippen molar-refractivity contribution in [2.75, 3.05) is 37.8 Å². The Labute approximate surface area is 236 Å². The van der Waals surface area contributed by atoms with Crippen molar-refractivity contribution in [3.05, 3.63) is 94.0 Å². The molecule has 0 bridgehead atoms. The van der Waals surface area contributed by atoms with Crippen LogP contribution in [0.5, 0.6) is 5.75 Å². The first-order valence-electron chi connectivity index (χ1n) is 13.5. The molecule has 3 atom stereocenters. The molecule has 0 N–H and O–H groups in total. The molecule has 2 saturated heterocycles. The lowest BCUT2D eigenvalue weighted by Gasteiger charge is -2.47. The number of rotatable bonds is 9. The van der Waals surface area contributed by atoms with Crippen LogP contribution in [0.25, 0.3) is 0 Å². The minimum Gasteiger partial charge on any atom is -0.491 e. The van der Waals surface area contributed by atoms with Gasteiger partial charge in [-0.3, -0.25) is 4.90 Å². The molecule has 0 amide bonds. The van der Waals surface area contributed by atoms with Crippen molar-refractivity contribution < 1.29 is 14.2 Å². The summed E-state index contributed by atoms with van der Waals surface area (Å²) in [6.45, 7) is 6.66. The first kappa shape index (κ1) is 27.3. The van der Waals surface area contributed by atoms with Crippen LogP contribution in [-0.4, -0.2) is 50.1 Å². The summed E-state index contributed by atoms with van der Waals surface area (Å²) < 4.78 is 17.3. The van der Waals surface area contributed by atoms with E-state index >= 15 is 0 Å². The van der Waals surface area contributed by atoms with Gasteiger partial charge in [0.15, 0.2) is 6.29 Å². The molecule has 0 saturated carbocycles. The molecule has 202 valence electrons. The molecule has 5 nitrogen and oxygen atoms in total. The summed E-state index contributed by atoms with van der Waals surface area (Å²) >= 11 is 13.1. The molecule has 0 radical (unpaired) electrons. The fourth-order valence-electron chi connectivity index (χ4n) is 5.29. The highest BCUT2D eigenvalue weighted by Crippen LogP contribution is 2.39. The Hall–Kier alpha value is -2.28. The van der Waals surface area contributed by atoms with E-state index in [2.05, 4.69) is 65.3 Å². The van der Waals surface area contributed by atoms with Gasteiger partial charge in [-0.1, -0.05) is 65.7 Å². The molecule has 2 aliphatic heterocycles. The number of anilines is 1. The zero-order valence-electron chi connectivity index (χ0n) is 21.9. The highest BCUT2D eigenvalue weighted by atomic mass is 35.5. The van der Waals surface area contributed by atoms with E-state index in [1.807, 2.05) is 24.3 Å². The van der Waals surface area contributed by atoms with Crippen molar-refractivity contribution in [2.24, 2.45) is 0 Å². The highest BCUT2D eigenvalue weighted by Gasteiger charge is 2.33. The molecular formula is C31H36Cl2N2O3. The van der Waals surface area contributed by atoms with Crippen LogP contribution in [0.1, 0.15) is 43.4 Å². The maximum atomic E-state index is 6.88. The van der Waals surface area contributed by atoms with Crippen molar-refractivity contribution in [1.82, 2.24) is 4.90 Å².